The Morgan fingerprint density at radius 3 is 2.52 bits per heavy atom. The molecule has 31 heavy (non-hydrogen) atoms. The number of rotatable bonds is 8. The van der Waals surface area contributed by atoms with Crippen LogP contribution in [-0.2, 0) is 20.7 Å². The summed E-state index contributed by atoms with van der Waals surface area (Å²) in [5, 5.41) is 0. The lowest BCUT2D eigenvalue weighted by molar-refractivity contribution is -0.135. The molecule has 3 aliphatic rings. The van der Waals surface area contributed by atoms with Crippen molar-refractivity contribution < 1.29 is 14.3 Å². The van der Waals surface area contributed by atoms with Gasteiger partial charge < -0.3 is 14.5 Å². The van der Waals surface area contributed by atoms with Crippen LogP contribution in [-0.4, -0.2) is 90.0 Å². The topological polar surface area (TPSA) is 66.0 Å². The van der Waals surface area contributed by atoms with Crippen LogP contribution in [0.15, 0.2) is 24.5 Å². The van der Waals surface area contributed by atoms with E-state index in [9.17, 15) is 9.59 Å². The monoisotopic (exact) mass is 428 g/mol. The number of piperidine rings is 1. The summed E-state index contributed by atoms with van der Waals surface area (Å²) in [7, 11) is 1.90. The Balaban J connectivity index is 1.36. The maximum atomic E-state index is 12.7. The lowest BCUT2D eigenvalue weighted by Gasteiger charge is -2.44. The van der Waals surface area contributed by atoms with Gasteiger partial charge in [-0.3, -0.25) is 19.5 Å². The van der Waals surface area contributed by atoms with Gasteiger partial charge in [-0.05, 0) is 56.2 Å². The number of likely N-dealkylation sites (N-methyl/N-ethyl adjacent to an activating group) is 1. The fraction of sp³-hybridized carbons (Fsp3) is 0.708. The zero-order valence-electron chi connectivity index (χ0n) is 18.7. The molecule has 0 spiro atoms. The van der Waals surface area contributed by atoms with E-state index in [0.717, 1.165) is 76.9 Å². The van der Waals surface area contributed by atoms with Gasteiger partial charge in [-0.2, -0.15) is 0 Å². The van der Waals surface area contributed by atoms with Gasteiger partial charge in [0.15, 0.2) is 0 Å². The Labute approximate surface area is 185 Å². The number of aromatic nitrogens is 1. The minimum atomic E-state index is 0.132. The number of carbonyl (C=O) groups excluding carboxylic acids is 2. The quantitative estimate of drug-likeness (QED) is 0.633. The van der Waals surface area contributed by atoms with E-state index >= 15 is 0 Å². The third kappa shape index (κ3) is 6.04. The van der Waals surface area contributed by atoms with Crippen LogP contribution in [0.25, 0.3) is 0 Å². The Morgan fingerprint density at radius 1 is 1.06 bits per heavy atom. The molecule has 1 aromatic rings. The largest absolute Gasteiger partial charge is 0.381 e. The lowest BCUT2D eigenvalue weighted by Crippen LogP contribution is -2.55. The van der Waals surface area contributed by atoms with E-state index in [2.05, 4.69) is 14.8 Å². The minimum absolute atomic E-state index is 0.132. The molecule has 1 atom stereocenters. The molecule has 0 N–H and O–H groups in total. The zero-order chi connectivity index (χ0) is 21.6. The third-order valence-corrected chi connectivity index (χ3v) is 6.99. The molecule has 3 heterocycles. The molecule has 1 saturated carbocycles. The summed E-state index contributed by atoms with van der Waals surface area (Å²) in [6.07, 6.45) is 10.2. The first-order chi connectivity index (χ1) is 15.1. The minimum Gasteiger partial charge on any atom is -0.381 e. The second-order valence-corrected chi connectivity index (χ2v) is 9.28. The zero-order valence-corrected chi connectivity index (χ0v) is 18.7. The average Bonchev–Trinajstić information content (AvgIpc) is 3.66. The van der Waals surface area contributed by atoms with Crippen molar-refractivity contribution in [2.24, 2.45) is 5.92 Å². The summed E-state index contributed by atoms with van der Waals surface area (Å²) in [5.41, 5.74) is 0.995. The molecule has 1 aliphatic carbocycles. The first-order valence-electron chi connectivity index (χ1n) is 11.9. The molecule has 1 aromatic heterocycles. The molecule has 0 radical (unpaired) electrons. The van der Waals surface area contributed by atoms with Crippen LogP contribution in [0.2, 0.25) is 0 Å². The van der Waals surface area contributed by atoms with Crippen LogP contribution >= 0.6 is 0 Å². The van der Waals surface area contributed by atoms with Crippen molar-refractivity contribution in [2.45, 2.75) is 57.0 Å². The molecular formula is C24H36N4O3. The smallest absolute Gasteiger partial charge is 0.226 e. The SMILES string of the molecule is CN(CCN(C1CCOCC1)C1CCCN(C(=O)C2CC2)C1)C(=O)Cc1ccncc1. The van der Waals surface area contributed by atoms with Crippen LogP contribution in [0.4, 0.5) is 0 Å². The van der Waals surface area contributed by atoms with Crippen molar-refractivity contribution in [1.82, 2.24) is 19.7 Å². The van der Waals surface area contributed by atoms with Gasteiger partial charge >= 0.3 is 0 Å². The van der Waals surface area contributed by atoms with Gasteiger partial charge in [0, 0.05) is 76.8 Å². The molecule has 0 bridgehead atoms. The van der Waals surface area contributed by atoms with Gasteiger partial charge in [0.05, 0.1) is 6.42 Å². The normalized spacial score (nSPS) is 22.5. The number of hydrogen-bond donors (Lipinski definition) is 0. The second kappa shape index (κ2) is 10.6. The summed E-state index contributed by atoms with van der Waals surface area (Å²) in [6.45, 7) is 4.89. The van der Waals surface area contributed by atoms with E-state index in [-0.39, 0.29) is 11.8 Å². The van der Waals surface area contributed by atoms with Crippen molar-refractivity contribution in [3.05, 3.63) is 30.1 Å². The van der Waals surface area contributed by atoms with Crippen LogP contribution < -0.4 is 0 Å². The number of ether oxygens (including phenoxy) is 1. The first-order valence-corrected chi connectivity index (χ1v) is 11.9. The van der Waals surface area contributed by atoms with E-state index in [1.165, 1.54) is 0 Å². The standard InChI is InChI=1S/C24H36N4O3/c1-26(23(29)17-19-6-10-25-11-7-19)13-14-28(21-8-15-31-16-9-21)22-3-2-12-27(18-22)24(30)20-4-5-20/h6-7,10-11,20-22H,2-5,8-9,12-18H2,1H3. The number of likely N-dealkylation sites (tertiary alicyclic amines) is 1. The first kappa shape index (κ1) is 22.2. The summed E-state index contributed by atoms with van der Waals surface area (Å²) < 4.78 is 5.61. The number of nitrogens with zero attached hydrogens (tertiary/aromatic N) is 4. The van der Waals surface area contributed by atoms with Gasteiger partial charge in [-0.15, -0.1) is 0 Å². The van der Waals surface area contributed by atoms with Crippen molar-refractivity contribution in [2.75, 3.05) is 46.4 Å². The fourth-order valence-electron chi connectivity index (χ4n) is 4.89. The highest BCUT2D eigenvalue weighted by Gasteiger charge is 2.37. The van der Waals surface area contributed by atoms with Crippen LogP contribution in [0.1, 0.15) is 44.1 Å². The van der Waals surface area contributed by atoms with E-state index < -0.39 is 0 Å². The van der Waals surface area contributed by atoms with E-state index in [1.54, 1.807) is 12.4 Å². The van der Waals surface area contributed by atoms with E-state index in [1.807, 2.05) is 24.1 Å². The van der Waals surface area contributed by atoms with Gasteiger partial charge in [-0.25, -0.2) is 0 Å². The highest BCUT2D eigenvalue weighted by Crippen LogP contribution is 2.33. The maximum absolute atomic E-state index is 12.7. The van der Waals surface area contributed by atoms with Crippen LogP contribution in [0.3, 0.4) is 0 Å². The molecule has 170 valence electrons. The number of hydrogen-bond acceptors (Lipinski definition) is 5. The predicted molar refractivity (Wildman–Crippen MR) is 118 cm³/mol. The van der Waals surface area contributed by atoms with Crippen LogP contribution in [0, 0.1) is 5.92 Å². The second-order valence-electron chi connectivity index (χ2n) is 9.28. The Kier molecular flexibility index (Phi) is 7.56. The van der Waals surface area contributed by atoms with Crippen molar-refractivity contribution in [3.63, 3.8) is 0 Å². The van der Waals surface area contributed by atoms with Crippen LogP contribution in [0.5, 0.6) is 0 Å². The molecule has 7 nitrogen and oxygen atoms in total. The highest BCUT2D eigenvalue weighted by atomic mass is 16.5. The number of pyridine rings is 1. The lowest BCUT2D eigenvalue weighted by atomic mass is 9.98. The van der Waals surface area contributed by atoms with Gasteiger partial charge in [0.25, 0.3) is 0 Å². The molecule has 2 amide bonds. The van der Waals surface area contributed by atoms with Gasteiger partial charge in [-0.1, -0.05) is 0 Å². The molecule has 2 aliphatic heterocycles. The summed E-state index contributed by atoms with van der Waals surface area (Å²) in [4.78, 5) is 35.9. The van der Waals surface area contributed by atoms with Crippen molar-refractivity contribution in [3.8, 4) is 0 Å². The van der Waals surface area contributed by atoms with E-state index in [0.29, 0.717) is 31.0 Å². The molecule has 1 unspecified atom stereocenters. The summed E-state index contributed by atoms with van der Waals surface area (Å²) >= 11 is 0. The van der Waals surface area contributed by atoms with Gasteiger partial charge in [0.1, 0.15) is 0 Å². The number of amides is 2. The molecule has 0 aromatic carbocycles. The highest BCUT2D eigenvalue weighted by molar-refractivity contribution is 5.81. The summed E-state index contributed by atoms with van der Waals surface area (Å²) in [6, 6.07) is 4.64. The predicted octanol–water partition coefficient (Wildman–Crippen LogP) is 1.96. The maximum Gasteiger partial charge on any atom is 0.226 e. The molecular weight excluding hydrogens is 392 g/mol. The Morgan fingerprint density at radius 2 is 1.81 bits per heavy atom. The van der Waals surface area contributed by atoms with E-state index in [4.69, 9.17) is 4.74 Å². The third-order valence-electron chi connectivity index (χ3n) is 6.99. The Bertz CT molecular complexity index is 734. The molecule has 4 rings (SSSR count). The molecule has 3 fully saturated rings. The van der Waals surface area contributed by atoms with Crippen molar-refractivity contribution >= 4 is 11.8 Å². The fourth-order valence-corrected chi connectivity index (χ4v) is 4.89. The molecule has 7 heteroatoms. The number of carbonyl (C=O) groups is 2. The van der Waals surface area contributed by atoms with Gasteiger partial charge in [0.2, 0.25) is 11.8 Å². The summed E-state index contributed by atoms with van der Waals surface area (Å²) in [5.74, 6) is 0.779. The van der Waals surface area contributed by atoms with Crippen molar-refractivity contribution in [1.29, 1.82) is 0 Å². The average molecular weight is 429 g/mol. The Hall–Kier alpha value is -1.99. The molecule has 2 saturated heterocycles.